The van der Waals surface area contributed by atoms with Crippen LogP contribution in [0, 0.1) is 0 Å². The number of fused-ring (bicyclic) bond motifs is 4. The fourth-order valence-corrected chi connectivity index (χ4v) is 37.3. The molecule has 0 aromatic rings. The summed E-state index contributed by atoms with van der Waals surface area (Å²) in [4.78, 5) is 0. The third kappa shape index (κ3) is 3.32. The summed E-state index contributed by atoms with van der Waals surface area (Å²) >= 11 is 0. The predicted molar refractivity (Wildman–Crippen MR) is 161 cm³/mol. The van der Waals surface area contributed by atoms with Gasteiger partial charge in [0, 0.05) is 24.2 Å². The molecule has 5 aliphatic heterocycles. The van der Waals surface area contributed by atoms with Gasteiger partial charge in [0.15, 0.2) is 13.4 Å². The van der Waals surface area contributed by atoms with Crippen LogP contribution in [-0.2, 0) is 0 Å². The maximum absolute atomic E-state index is 3.08. The number of rotatable bonds is 4. The van der Waals surface area contributed by atoms with Crippen LogP contribution in [0.1, 0.15) is 77.0 Å². The maximum Gasteiger partial charge on any atom is 0.151 e. The molecule has 0 spiro atoms. The molecular formula is C28H54B2Si3. The van der Waals surface area contributed by atoms with Gasteiger partial charge in [0.25, 0.3) is 0 Å². The van der Waals surface area contributed by atoms with E-state index >= 15 is 0 Å². The zero-order valence-corrected chi connectivity index (χ0v) is 26.6. The van der Waals surface area contributed by atoms with E-state index in [1.807, 2.05) is 0 Å². The first-order valence-corrected chi connectivity index (χ1v) is 25.1. The molecule has 2 atom stereocenters. The molecule has 5 heteroatoms. The van der Waals surface area contributed by atoms with Crippen LogP contribution in [-0.4, -0.2) is 37.6 Å². The summed E-state index contributed by atoms with van der Waals surface area (Å²) in [7, 11) is -4.53. The average Bonchev–Trinajstić information content (AvgIpc) is 2.94. The second-order valence-electron chi connectivity index (χ2n) is 16.0. The lowest BCUT2D eigenvalue weighted by Crippen LogP contribution is -2.73. The summed E-state index contributed by atoms with van der Waals surface area (Å²) in [5, 5.41) is 0. The molecule has 4 saturated heterocycles. The Morgan fingerprint density at radius 3 is 1.00 bits per heavy atom. The van der Waals surface area contributed by atoms with E-state index in [1.54, 1.807) is 51.4 Å². The van der Waals surface area contributed by atoms with Crippen molar-refractivity contribution >= 4 is 37.6 Å². The molecule has 184 valence electrons. The maximum atomic E-state index is 3.08. The van der Waals surface area contributed by atoms with Crippen LogP contribution in [0.3, 0.4) is 0 Å². The monoisotopic (exact) mass is 496 g/mol. The minimum Gasteiger partial charge on any atom is -0.0955 e. The van der Waals surface area contributed by atoms with Gasteiger partial charge in [0.2, 0.25) is 0 Å². The molecule has 0 aromatic carbocycles. The second-order valence-corrected chi connectivity index (χ2v) is 32.6. The van der Waals surface area contributed by atoms with Crippen LogP contribution in [0.5, 0.6) is 0 Å². The van der Waals surface area contributed by atoms with Gasteiger partial charge < -0.3 is 0 Å². The Hall–Kier alpha value is 0.521. The number of hydrogen-bond acceptors (Lipinski definition) is 0. The van der Waals surface area contributed by atoms with Gasteiger partial charge >= 0.3 is 0 Å². The van der Waals surface area contributed by atoms with Crippen LogP contribution in [0.2, 0.25) is 84.8 Å². The zero-order chi connectivity index (χ0) is 23.9. The zero-order valence-electron chi connectivity index (χ0n) is 23.6. The lowest BCUT2D eigenvalue weighted by Gasteiger charge is -2.67. The van der Waals surface area contributed by atoms with Gasteiger partial charge in [-0.3, -0.25) is 0 Å². The van der Waals surface area contributed by atoms with E-state index in [2.05, 4.69) is 64.5 Å². The average molecular weight is 497 g/mol. The molecule has 5 aliphatic rings. The van der Waals surface area contributed by atoms with Crippen molar-refractivity contribution in [2.45, 2.75) is 162 Å². The molecule has 4 fully saturated rings. The normalized spacial score (nSPS) is 43.2. The summed E-state index contributed by atoms with van der Waals surface area (Å²) in [5.41, 5.74) is 0. The van der Waals surface area contributed by atoms with Crippen molar-refractivity contribution in [2.24, 2.45) is 0 Å². The molecule has 0 nitrogen and oxygen atoms in total. The molecule has 5 rings (SSSR count). The fourth-order valence-electron chi connectivity index (χ4n) is 12.3. The highest BCUT2D eigenvalue weighted by molar-refractivity contribution is 7.24. The Kier molecular flexibility index (Phi) is 6.31. The Bertz CT molecular complexity index is 675. The Morgan fingerprint density at radius 2 is 0.788 bits per heavy atom. The minimum absolute atomic E-state index is 0.613. The van der Waals surface area contributed by atoms with Crippen LogP contribution in [0.25, 0.3) is 0 Å². The van der Waals surface area contributed by atoms with Gasteiger partial charge in [0.05, 0.1) is 0 Å². The van der Waals surface area contributed by atoms with E-state index in [0.29, 0.717) is 9.12 Å². The van der Waals surface area contributed by atoms with Gasteiger partial charge in [-0.25, -0.2) is 0 Å². The highest BCUT2D eigenvalue weighted by Gasteiger charge is 2.75. The van der Waals surface area contributed by atoms with Gasteiger partial charge in [-0.1, -0.05) is 165 Å². The Labute approximate surface area is 211 Å². The van der Waals surface area contributed by atoms with Crippen molar-refractivity contribution in [3.8, 4) is 0 Å². The summed E-state index contributed by atoms with van der Waals surface area (Å²) < 4.78 is 1.23. The second kappa shape index (κ2) is 8.27. The minimum atomic E-state index is -1.66. The van der Waals surface area contributed by atoms with Gasteiger partial charge in [-0.2, -0.15) is 0 Å². The molecule has 33 heavy (non-hydrogen) atoms. The van der Waals surface area contributed by atoms with Crippen molar-refractivity contribution in [1.82, 2.24) is 0 Å². The highest BCUT2D eigenvalue weighted by Crippen LogP contribution is 2.75. The molecule has 0 aliphatic carbocycles. The molecule has 4 bridgehead atoms. The van der Waals surface area contributed by atoms with E-state index in [-0.39, 0.29) is 0 Å². The van der Waals surface area contributed by atoms with Crippen LogP contribution in [0.15, 0.2) is 12.2 Å². The van der Waals surface area contributed by atoms with Crippen molar-refractivity contribution < 1.29 is 0 Å². The first-order chi connectivity index (χ1) is 15.4. The lowest BCUT2D eigenvalue weighted by atomic mass is 9.25. The molecule has 0 radical (unpaired) electrons. The molecule has 0 saturated carbocycles. The van der Waals surface area contributed by atoms with Gasteiger partial charge in [-0.15, -0.1) is 0 Å². The predicted octanol–water partition coefficient (Wildman–Crippen LogP) is 9.78. The van der Waals surface area contributed by atoms with E-state index in [4.69, 9.17) is 0 Å². The topological polar surface area (TPSA) is 0 Å². The van der Waals surface area contributed by atoms with Crippen molar-refractivity contribution in [2.75, 3.05) is 0 Å². The lowest BCUT2D eigenvalue weighted by molar-refractivity contribution is 0.437. The van der Waals surface area contributed by atoms with E-state index in [1.165, 1.54) is 25.7 Å². The summed E-state index contributed by atoms with van der Waals surface area (Å²) in [5.74, 6) is 4.18. The fraction of sp³-hybridized carbons (Fsp3) is 0.929. The van der Waals surface area contributed by atoms with Gasteiger partial charge in [-0.05, 0) is 9.12 Å². The van der Waals surface area contributed by atoms with E-state index in [0.717, 1.165) is 36.7 Å². The first-order valence-electron chi connectivity index (χ1n) is 15.1. The third-order valence-electron chi connectivity index (χ3n) is 12.8. The van der Waals surface area contributed by atoms with E-state index in [9.17, 15) is 0 Å². The number of hydrogen-bond donors (Lipinski definition) is 0. The molecular weight excluding hydrogens is 442 g/mol. The Morgan fingerprint density at radius 1 is 0.545 bits per heavy atom. The summed E-state index contributed by atoms with van der Waals surface area (Å²) in [6.45, 7) is 25.0. The molecule has 0 amide bonds. The van der Waals surface area contributed by atoms with E-state index < -0.39 is 24.2 Å². The van der Waals surface area contributed by atoms with Crippen molar-refractivity contribution in [3.63, 3.8) is 0 Å². The van der Waals surface area contributed by atoms with Gasteiger partial charge in [0.1, 0.15) is 0 Å². The third-order valence-corrected chi connectivity index (χ3v) is 32.2. The number of allylic oxidation sites excluding steroid dienone is 2. The first kappa shape index (κ1) is 25.2. The van der Waals surface area contributed by atoms with Crippen molar-refractivity contribution in [3.05, 3.63) is 12.2 Å². The largest absolute Gasteiger partial charge is 0.151 e. The van der Waals surface area contributed by atoms with Crippen molar-refractivity contribution in [1.29, 1.82) is 0 Å². The molecule has 0 unspecified atom stereocenters. The Balaban J connectivity index is 1.71. The molecule has 5 heterocycles. The summed E-state index contributed by atoms with van der Waals surface area (Å²) in [6, 6.07) is 0. The molecule has 0 aromatic heterocycles. The van der Waals surface area contributed by atoms with Crippen LogP contribution >= 0.6 is 0 Å². The highest BCUT2D eigenvalue weighted by atomic mass is 28.4. The molecule has 0 N–H and O–H groups in total. The van der Waals surface area contributed by atoms with Crippen LogP contribution < -0.4 is 0 Å². The quantitative estimate of drug-likeness (QED) is 0.268. The van der Waals surface area contributed by atoms with Crippen LogP contribution in [0.4, 0.5) is 0 Å². The SMILES string of the molecule is C[Si](C)(C)[C@@]1(B2C3CCCC2CCC3)C=C[C@](B2C3CCCC2CCC3)([Si](C)(C)C)[Si]1(C)C. The smallest absolute Gasteiger partial charge is 0.0955 e. The summed E-state index contributed by atoms with van der Waals surface area (Å²) in [6.07, 6.45) is 24.7. The standard InChI is InChI=1S/C28H54B2Si3/c1-31(2,3)27(29-23-13-9-14-24(29)16-10-15-23)21-22-28(32(4,5)6,33(27,7)8)30-25-17-11-18-26(30)20-12-19-25/h21-26H,9-20H2,1-8H3/t23?,24?,25?,26?,27-,28-/m0/s1.